The van der Waals surface area contributed by atoms with Gasteiger partial charge in [-0.2, -0.15) is 0 Å². The lowest BCUT2D eigenvalue weighted by Crippen LogP contribution is -2.61. The number of aliphatic hydroxyl groups excluding tert-OH is 2. The van der Waals surface area contributed by atoms with Gasteiger partial charge in [0.15, 0.2) is 12.6 Å². The molecule has 17 heteroatoms. The molecular formula is C48H84N4O13. The van der Waals surface area contributed by atoms with E-state index in [1.165, 1.54) is 14.0 Å². The van der Waals surface area contributed by atoms with Crippen molar-refractivity contribution in [2.45, 2.75) is 198 Å². The van der Waals surface area contributed by atoms with Crippen LogP contribution in [0, 0.1) is 17.8 Å². The lowest BCUT2D eigenvalue weighted by molar-refractivity contribution is -0.318. The Bertz CT molecular complexity index is 1620. The number of nitrogens with zero attached hydrogens (tertiary/aromatic N) is 3. The first-order chi connectivity index (χ1) is 30.4. The molecule has 3 saturated heterocycles. The molecule has 0 aliphatic carbocycles. The maximum absolute atomic E-state index is 14.7. The van der Waals surface area contributed by atoms with Crippen molar-refractivity contribution in [1.82, 2.24) is 20.1 Å². The number of aliphatic hydroxyl groups is 4. The monoisotopic (exact) mass is 925 g/mol. The van der Waals surface area contributed by atoms with Crippen molar-refractivity contribution in [3.8, 4) is 0 Å². The lowest BCUT2D eigenvalue weighted by atomic mass is 9.77. The first-order valence-electron chi connectivity index (χ1n) is 23.7. The van der Waals surface area contributed by atoms with Gasteiger partial charge in [0.25, 0.3) is 0 Å². The number of rotatable bonds is 14. The molecule has 17 nitrogen and oxygen atoms in total. The van der Waals surface area contributed by atoms with Crippen molar-refractivity contribution in [1.29, 1.82) is 0 Å². The molecule has 0 aromatic carbocycles. The van der Waals surface area contributed by atoms with E-state index >= 15 is 0 Å². The Balaban J connectivity index is 1.73. The Labute approximate surface area is 388 Å². The molecule has 374 valence electrons. The van der Waals surface area contributed by atoms with E-state index in [0.717, 1.165) is 5.69 Å². The van der Waals surface area contributed by atoms with Gasteiger partial charge >= 0.3 is 11.9 Å². The molecule has 0 spiro atoms. The fraction of sp³-hybridized carbons (Fsp3) is 0.854. The third-order valence-corrected chi connectivity index (χ3v) is 14.2. The quantitative estimate of drug-likeness (QED) is 0.134. The summed E-state index contributed by atoms with van der Waals surface area (Å²) >= 11 is 0. The topological polar surface area (TPSA) is 211 Å². The molecule has 18 atom stereocenters. The Morgan fingerprint density at radius 1 is 1.00 bits per heavy atom. The lowest BCUT2D eigenvalue weighted by Gasteiger charge is -2.48. The number of hydrogen-bond acceptors (Lipinski definition) is 17. The van der Waals surface area contributed by atoms with E-state index in [1.54, 1.807) is 40.8 Å². The largest absolute Gasteiger partial charge is 0.459 e. The molecule has 3 fully saturated rings. The summed E-state index contributed by atoms with van der Waals surface area (Å²) < 4.78 is 44.4. The molecule has 1 aromatic heterocycles. The van der Waals surface area contributed by atoms with Gasteiger partial charge in [-0.1, -0.05) is 26.8 Å². The first kappa shape index (κ1) is 55.2. The molecule has 0 amide bonds. The number of methoxy groups -OCH3 is 1. The number of hydrogen-bond donors (Lipinski definition) is 5. The third-order valence-electron chi connectivity index (χ3n) is 14.2. The summed E-state index contributed by atoms with van der Waals surface area (Å²) in [6, 6.07) is 4.85. The molecule has 4 rings (SSSR count). The highest BCUT2D eigenvalue weighted by Crippen LogP contribution is 2.40. The number of pyridine rings is 1. The van der Waals surface area contributed by atoms with Gasteiger partial charge in [0.1, 0.15) is 30.0 Å². The molecule has 4 heterocycles. The van der Waals surface area contributed by atoms with Crippen LogP contribution >= 0.6 is 0 Å². The molecule has 3 aliphatic heterocycles. The predicted molar refractivity (Wildman–Crippen MR) is 243 cm³/mol. The van der Waals surface area contributed by atoms with Crippen molar-refractivity contribution in [2.24, 2.45) is 17.8 Å². The van der Waals surface area contributed by atoms with E-state index in [0.29, 0.717) is 32.5 Å². The summed E-state index contributed by atoms with van der Waals surface area (Å²) in [5, 5.41) is 51.3. The molecule has 1 aromatic rings. The van der Waals surface area contributed by atoms with Crippen LogP contribution in [0.5, 0.6) is 0 Å². The van der Waals surface area contributed by atoms with Crippen molar-refractivity contribution in [3.63, 3.8) is 0 Å². The van der Waals surface area contributed by atoms with Crippen molar-refractivity contribution < 1.29 is 63.2 Å². The third kappa shape index (κ3) is 14.1. The van der Waals surface area contributed by atoms with Crippen molar-refractivity contribution in [2.75, 3.05) is 47.9 Å². The summed E-state index contributed by atoms with van der Waals surface area (Å²) in [5.74, 6) is -3.31. The number of nitrogens with one attached hydrogen (secondary N) is 1. The number of esters is 2. The van der Waals surface area contributed by atoms with Crippen LogP contribution in [0.4, 0.5) is 0 Å². The zero-order valence-electron chi connectivity index (χ0n) is 41.6. The van der Waals surface area contributed by atoms with E-state index in [1.807, 2.05) is 76.8 Å². The van der Waals surface area contributed by atoms with Crippen LogP contribution in [0.3, 0.4) is 0 Å². The van der Waals surface area contributed by atoms with E-state index in [9.17, 15) is 30.0 Å². The summed E-state index contributed by atoms with van der Waals surface area (Å²) in [4.78, 5) is 36.5. The second kappa shape index (κ2) is 23.8. The molecule has 65 heavy (non-hydrogen) atoms. The number of ether oxygens (including phenoxy) is 7. The van der Waals surface area contributed by atoms with Crippen molar-refractivity contribution in [3.05, 3.63) is 30.1 Å². The van der Waals surface area contributed by atoms with Gasteiger partial charge in [-0.25, -0.2) is 0 Å². The van der Waals surface area contributed by atoms with Gasteiger partial charge in [0.2, 0.25) is 0 Å². The van der Waals surface area contributed by atoms with E-state index in [-0.39, 0.29) is 43.7 Å². The number of aromatic nitrogens is 1. The van der Waals surface area contributed by atoms with Gasteiger partial charge in [0, 0.05) is 69.5 Å². The van der Waals surface area contributed by atoms with E-state index < -0.39 is 102 Å². The van der Waals surface area contributed by atoms with E-state index in [2.05, 4.69) is 10.3 Å². The minimum Gasteiger partial charge on any atom is -0.459 e. The average molecular weight is 925 g/mol. The molecule has 0 unspecified atom stereocenters. The Morgan fingerprint density at radius 3 is 2.31 bits per heavy atom. The second-order valence-electron chi connectivity index (χ2n) is 20.2. The summed E-state index contributed by atoms with van der Waals surface area (Å²) in [6.07, 6.45) is -6.10. The highest BCUT2D eigenvalue weighted by molar-refractivity contribution is 5.73. The first-order valence-corrected chi connectivity index (χ1v) is 23.7. The van der Waals surface area contributed by atoms with Crippen LogP contribution in [0.1, 0.15) is 107 Å². The van der Waals surface area contributed by atoms with Crippen LogP contribution < -0.4 is 5.32 Å². The number of likely N-dealkylation sites (N-methyl/N-ethyl adjacent to an activating group) is 2. The maximum Gasteiger partial charge on any atom is 0.311 e. The van der Waals surface area contributed by atoms with E-state index in [4.69, 9.17) is 33.2 Å². The average Bonchev–Trinajstić information content (AvgIpc) is 3.24. The van der Waals surface area contributed by atoms with Crippen LogP contribution in [0.2, 0.25) is 0 Å². The highest BCUT2D eigenvalue weighted by atomic mass is 16.7. The SMILES string of the molecule is CC[C@@H]1OC(=O)[C@H](C)[C@@H](O[C@H]2C[C@@](C)(OC)[C@@H](O)[C@H](C)O2)[C@H](C)[C@@H](O[C@@H]2O[C@H](C)C[C@H](N(C)C)[C@H]2O)[C@@](C)(O)C[C@@H](C)CN(C)[C@@H](C)[C@@H](OC(=O)CCNCCc2ccccn2)[C@]1(C)O. The zero-order chi connectivity index (χ0) is 48.6. The maximum atomic E-state index is 14.7. The van der Waals surface area contributed by atoms with Crippen LogP contribution in [-0.2, 0) is 49.2 Å². The van der Waals surface area contributed by atoms with Crippen LogP contribution in [-0.4, -0.2) is 185 Å². The highest BCUT2D eigenvalue weighted by Gasteiger charge is 2.53. The minimum atomic E-state index is -1.87. The fourth-order valence-corrected chi connectivity index (χ4v) is 10.2. The molecule has 0 saturated carbocycles. The van der Waals surface area contributed by atoms with Gasteiger partial charge in [-0.15, -0.1) is 0 Å². The summed E-state index contributed by atoms with van der Waals surface area (Å²) in [7, 11) is 7.14. The molecular weight excluding hydrogens is 841 g/mol. The molecule has 5 N–H and O–H groups in total. The van der Waals surface area contributed by atoms with Gasteiger partial charge in [-0.05, 0) is 107 Å². The molecule has 0 bridgehead atoms. The smallest absolute Gasteiger partial charge is 0.311 e. The standard InChI is InChI=1S/C48H84N4O13/c1-15-36-48(10,58)43(63-37(53)20-23-49-22-19-34-18-16-17-21-50-34)32(6)52(13)27-28(2)25-46(8,57)42(65-45-39(54)35(51(11)12)24-29(3)60-45)30(4)40(31(5)44(56)62-36)64-38-26-47(9,59-14)41(55)33(7)61-38/h16-18,21,28-33,35-36,38-43,45,49,54-55,57-58H,15,19-20,22-27H2,1-14H3/t28-,29-,30+,31-,32+,33+,35+,36+,38+,39-,40+,41+,42-,43-,45+,46+,47-,48-/m1/s1. The van der Waals surface area contributed by atoms with Gasteiger partial charge in [0.05, 0.1) is 48.0 Å². The van der Waals surface area contributed by atoms with Crippen LogP contribution in [0.15, 0.2) is 24.4 Å². The molecule has 0 radical (unpaired) electrons. The zero-order valence-corrected chi connectivity index (χ0v) is 41.6. The fourth-order valence-electron chi connectivity index (χ4n) is 10.2. The van der Waals surface area contributed by atoms with Gasteiger partial charge < -0.3 is 63.8 Å². The summed E-state index contributed by atoms with van der Waals surface area (Å²) in [6.45, 7) is 19.1. The summed E-state index contributed by atoms with van der Waals surface area (Å²) in [5.41, 5.74) is -3.60. The van der Waals surface area contributed by atoms with Gasteiger partial charge in [-0.3, -0.25) is 19.5 Å². The number of carbonyl (C=O) groups is 2. The Morgan fingerprint density at radius 2 is 1.69 bits per heavy atom. The normalized spacial score (nSPS) is 41.9. The minimum absolute atomic E-state index is 0.0326. The predicted octanol–water partition coefficient (Wildman–Crippen LogP) is 3.07. The number of cyclic esters (lactones) is 1. The Kier molecular flexibility index (Phi) is 20.2. The number of carbonyl (C=O) groups excluding carboxylic acids is 2. The van der Waals surface area contributed by atoms with Crippen molar-refractivity contribution >= 4 is 11.9 Å². The second-order valence-corrected chi connectivity index (χ2v) is 20.2. The Hall–Kier alpha value is -2.39. The molecule has 3 aliphatic rings. The van der Waals surface area contributed by atoms with Crippen LogP contribution in [0.25, 0.3) is 0 Å².